The van der Waals surface area contributed by atoms with Crippen molar-refractivity contribution in [2.45, 2.75) is 41.5 Å². The van der Waals surface area contributed by atoms with Crippen molar-refractivity contribution in [2.75, 3.05) is 5.75 Å². The van der Waals surface area contributed by atoms with Crippen LogP contribution in [0.2, 0.25) is 0 Å². The molecule has 0 nitrogen and oxygen atoms in total. The minimum Gasteiger partial charge on any atom is -0.196 e. The molecule has 0 aromatic carbocycles. The summed E-state index contributed by atoms with van der Waals surface area (Å²) < 4.78 is 60.3. The number of hydrogen-bond donors (Lipinski definition) is 0. The molecular weight excluding hydrogens is 350 g/mol. The molecule has 0 aromatic heterocycles. The monoisotopic (exact) mass is 362 g/mol. The van der Waals surface area contributed by atoms with Gasteiger partial charge in [-0.1, -0.05) is 29.5 Å². The molecule has 0 aromatic rings. The highest BCUT2D eigenvalue weighted by atomic mass is 127. The highest BCUT2D eigenvalue weighted by Crippen LogP contribution is 2.39. The van der Waals surface area contributed by atoms with Crippen molar-refractivity contribution in [3.8, 4) is 0 Å². The molecule has 0 saturated heterocycles. The molecule has 0 bridgehead atoms. The fraction of sp³-hybridized carbons (Fsp3) is 1.00. The lowest BCUT2D eigenvalue weighted by Gasteiger charge is -2.19. The van der Waals surface area contributed by atoms with Crippen LogP contribution in [0, 0.1) is 0 Å². The first kappa shape index (κ1) is 15.7. The number of rotatable bonds is 6. The normalized spacial score (nSPS) is 15.4. The summed E-state index contributed by atoms with van der Waals surface area (Å²) in [6, 6.07) is 0. The Morgan fingerprint density at radius 2 is 1.73 bits per heavy atom. The van der Waals surface area contributed by atoms with E-state index in [1.807, 2.05) is 6.92 Å². The maximum Gasteiger partial charge on any atom is 0.453 e. The van der Waals surface area contributed by atoms with E-state index in [0.29, 0.717) is 5.75 Å². The molecule has 0 fully saturated rings. The Kier molecular flexibility index (Phi) is 6.78. The quantitative estimate of drug-likeness (QED) is 0.281. The summed E-state index contributed by atoms with van der Waals surface area (Å²) in [7, 11) is 0. The Balaban J connectivity index is 3.77. The molecule has 0 saturated carbocycles. The van der Waals surface area contributed by atoms with Gasteiger partial charge in [-0.25, -0.2) is 0 Å². The van der Waals surface area contributed by atoms with Crippen LogP contribution in [0.1, 0.15) is 26.2 Å². The summed E-state index contributed by atoms with van der Waals surface area (Å²) >= 11 is 3.55. The minimum atomic E-state index is -5.41. The average Bonchev–Trinajstić information content (AvgIpc) is 2.10. The van der Waals surface area contributed by atoms with Crippen LogP contribution in [0.5, 0.6) is 0 Å². The van der Waals surface area contributed by atoms with Crippen molar-refractivity contribution in [3.05, 3.63) is 0 Å². The summed E-state index contributed by atoms with van der Waals surface area (Å²) in [4.78, 5) is 0. The van der Waals surface area contributed by atoms with Gasteiger partial charge in [0.05, 0.1) is 3.26 Å². The molecule has 0 aliphatic carbocycles. The number of thioether (sulfide) groups is 1. The lowest BCUT2D eigenvalue weighted by Crippen LogP contribution is -2.36. The first-order chi connectivity index (χ1) is 6.70. The zero-order valence-corrected chi connectivity index (χ0v) is 11.1. The smallest absolute Gasteiger partial charge is 0.196 e. The molecule has 0 N–H and O–H groups in total. The Hall–Kier alpha value is 0.730. The Morgan fingerprint density at radius 1 is 1.20 bits per heavy atom. The molecule has 0 radical (unpaired) electrons. The van der Waals surface area contributed by atoms with Crippen molar-refractivity contribution >= 4 is 34.4 Å². The van der Waals surface area contributed by atoms with Crippen molar-refractivity contribution in [1.82, 2.24) is 0 Å². The topological polar surface area (TPSA) is 0 Å². The van der Waals surface area contributed by atoms with Gasteiger partial charge in [-0.2, -0.15) is 22.0 Å². The van der Waals surface area contributed by atoms with Crippen LogP contribution in [-0.4, -0.2) is 21.1 Å². The average molecular weight is 362 g/mol. The molecule has 1 unspecified atom stereocenters. The van der Waals surface area contributed by atoms with Crippen LogP contribution in [0.25, 0.3) is 0 Å². The number of alkyl halides is 6. The third kappa shape index (κ3) is 6.13. The van der Waals surface area contributed by atoms with Crippen molar-refractivity contribution < 1.29 is 22.0 Å². The zero-order valence-electron chi connectivity index (χ0n) is 8.08. The Morgan fingerprint density at radius 3 is 2.13 bits per heavy atom. The third-order valence-corrected chi connectivity index (χ3v) is 4.85. The van der Waals surface area contributed by atoms with Gasteiger partial charge >= 0.3 is 12.1 Å². The van der Waals surface area contributed by atoms with Crippen LogP contribution in [0.4, 0.5) is 22.0 Å². The van der Waals surface area contributed by atoms with E-state index in [4.69, 9.17) is 0 Å². The molecule has 1 atom stereocenters. The Bertz CT molecular complexity index is 182. The largest absolute Gasteiger partial charge is 0.453 e. The first-order valence-electron chi connectivity index (χ1n) is 4.41. The van der Waals surface area contributed by atoms with E-state index >= 15 is 0 Å². The Labute approximate surface area is 104 Å². The molecule has 0 spiro atoms. The van der Waals surface area contributed by atoms with E-state index in [1.165, 1.54) is 11.8 Å². The number of hydrogen-bond acceptors (Lipinski definition) is 1. The molecule has 0 rings (SSSR count). The van der Waals surface area contributed by atoms with Crippen molar-refractivity contribution in [3.63, 3.8) is 0 Å². The maximum absolute atomic E-state index is 12.4. The van der Waals surface area contributed by atoms with Crippen LogP contribution < -0.4 is 0 Å². The summed E-state index contributed by atoms with van der Waals surface area (Å²) in [5, 5.41) is 0. The molecule has 15 heavy (non-hydrogen) atoms. The standard InChI is InChI=1S/C8H12F5IS/c1-2-6(14)15-5-3-4-7(9,10)8(11,12)13/h6H,2-5H2,1H3. The van der Waals surface area contributed by atoms with Crippen LogP contribution >= 0.6 is 34.4 Å². The van der Waals surface area contributed by atoms with Gasteiger partial charge in [0, 0.05) is 6.42 Å². The van der Waals surface area contributed by atoms with Crippen LogP contribution in [-0.2, 0) is 0 Å². The highest BCUT2D eigenvalue weighted by Gasteiger charge is 2.56. The molecule has 0 aliphatic heterocycles. The lowest BCUT2D eigenvalue weighted by molar-refractivity contribution is -0.284. The summed E-state index contributed by atoms with van der Waals surface area (Å²) in [5.41, 5.74) is 0. The van der Waals surface area contributed by atoms with Crippen molar-refractivity contribution in [1.29, 1.82) is 0 Å². The predicted molar refractivity (Wildman–Crippen MR) is 60.8 cm³/mol. The summed E-state index contributed by atoms with van der Waals surface area (Å²) in [5.74, 6) is -4.20. The maximum atomic E-state index is 12.4. The van der Waals surface area contributed by atoms with E-state index in [9.17, 15) is 22.0 Å². The zero-order chi connectivity index (χ0) is 12.1. The van der Waals surface area contributed by atoms with Gasteiger partial charge in [0.2, 0.25) is 0 Å². The molecule has 0 amide bonds. The minimum absolute atomic E-state index is 0.114. The predicted octanol–water partition coefficient (Wildman–Crippen LogP) is 4.87. The number of halogens is 6. The van der Waals surface area contributed by atoms with Gasteiger partial charge in [0.1, 0.15) is 0 Å². The molecular formula is C8H12F5IS. The van der Waals surface area contributed by atoms with E-state index in [0.717, 1.165) is 6.42 Å². The fourth-order valence-electron chi connectivity index (χ4n) is 0.765. The van der Waals surface area contributed by atoms with Crippen LogP contribution in [0.3, 0.4) is 0 Å². The second-order valence-electron chi connectivity index (χ2n) is 2.99. The lowest BCUT2D eigenvalue weighted by atomic mass is 10.2. The second-order valence-corrected chi connectivity index (χ2v) is 6.65. The van der Waals surface area contributed by atoms with E-state index in [1.54, 1.807) is 0 Å². The van der Waals surface area contributed by atoms with Crippen LogP contribution in [0.15, 0.2) is 0 Å². The third-order valence-electron chi connectivity index (χ3n) is 1.67. The fourth-order valence-corrected chi connectivity index (χ4v) is 2.33. The van der Waals surface area contributed by atoms with Gasteiger partial charge in [-0.3, -0.25) is 0 Å². The molecule has 92 valence electrons. The van der Waals surface area contributed by atoms with Gasteiger partial charge in [0.15, 0.2) is 0 Å². The van der Waals surface area contributed by atoms with Crippen molar-refractivity contribution in [2.24, 2.45) is 0 Å². The first-order valence-corrected chi connectivity index (χ1v) is 6.70. The van der Waals surface area contributed by atoms with E-state index < -0.39 is 18.5 Å². The summed E-state index contributed by atoms with van der Waals surface area (Å²) in [6.07, 6.45) is -5.76. The SMILES string of the molecule is CCC(I)SCCCC(F)(F)C(F)(F)F. The van der Waals surface area contributed by atoms with E-state index in [2.05, 4.69) is 22.6 Å². The summed E-state index contributed by atoms with van der Waals surface area (Å²) in [6.45, 7) is 1.94. The van der Waals surface area contributed by atoms with Gasteiger partial charge in [-0.15, -0.1) is 11.8 Å². The molecule has 0 aliphatic rings. The van der Waals surface area contributed by atoms with E-state index in [-0.39, 0.29) is 9.68 Å². The molecule has 7 heteroatoms. The molecule has 0 heterocycles. The van der Waals surface area contributed by atoms with Gasteiger partial charge < -0.3 is 0 Å². The van der Waals surface area contributed by atoms with Gasteiger partial charge in [-0.05, 0) is 18.6 Å². The second kappa shape index (κ2) is 6.46. The van der Waals surface area contributed by atoms with Gasteiger partial charge in [0.25, 0.3) is 0 Å². The highest BCUT2D eigenvalue weighted by molar-refractivity contribution is 14.1.